The number of nitrogen functional groups attached to an aromatic ring is 1. The highest BCUT2D eigenvalue weighted by Crippen LogP contribution is 2.21. The Labute approximate surface area is 124 Å². The van der Waals surface area contributed by atoms with Crippen LogP contribution in [0.3, 0.4) is 0 Å². The second kappa shape index (κ2) is 6.11. The zero-order chi connectivity index (χ0) is 15.5. The zero-order valence-corrected chi connectivity index (χ0v) is 12.7. The van der Waals surface area contributed by atoms with E-state index in [9.17, 15) is 8.42 Å². The number of nitrogens with two attached hydrogens (primary N) is 1. The minimum Gasteiger partial charge on any atom is -0.497 e. The highest BCUT2D eigenvalue weighted by Gasteiger charge is 2.24. The average molecular weight is 307 g/mol. The molecule has 0 saturated heterocycles. The number of nitrogens with zero attached hydrogens (tertiary/aromatic N) is 2. The normalized spacial score (nSPS) is 11.6. The summed E-state index contributed by atoms with van der Waals surface area (Å²) in [5, 5.41) is -0.129. The molecule has 0 amide bonds. The summed E-state index contributed by atoms with van der Waals surface area (Å²) in [5.74, 6) is 0.677. The van der Waals surface area contributed by atoms with Crippen molar-refractivity contribution >= 4 is 15.7 Å². The van der Waals surface area contributed by atoms with Crippen molar-refractivity contribution in [1.82, 2.24) is 9.29 Å². The lowest BCUT2D eigenvalue weighted by atomic mass is 10.2. The molecule has 1 aromatic carbocycles. The van der Waals surface area contributed by atoms with Crippen molar-refractivity contribution in [2.45, 2.75) is 11.6 Å². The highest BCUT2D eigenvalue weighted by molar-refractivity contribution is 7.89. The molecule has 0 atom stereocenters. The molecule has 0 bridgehead atoms. The average Bonchev–Trinajstić information content (AvgIpc) is 2.47. The van der Waals surface area contributed by atoms with E-state index in [-0.39, 0.29) is 17.3 Å². The Hall–Kier alpha value is -2.12. The molecule has 1 aromatic heterocycles. The van der Waals surface area contributed by atoms with Crippen molar-refractivity contribution in [2.24, 2.45) is 0 Å². The summed E-state index contributed by atoms with van der Waals surface area (Å²) < 4.78 is 31.3. The summed E-state index contributed by atoms with van der Waals surface area (Å²) in [6, 6.07) is 10.3. The summed E-state index contributed by atoms with van der Waals surface area (Å²) in [6.07, 6.45) is 1.41. The predicted molar refractivity (Wildman–Crippen MR) is 80.3 cm³/mol. The van der Waals surface area contributed by atoms with Crippen LogP contribution in [0.4, 0.5) is 5.69 Å². The van der Waals surface area contributed by atoms with Crippen LogP contribution in [0.15, 0.2) is 47.6 Å². The van der Waals surface area contributed by atoms with Gasteiger partial charge in [0.1, 0.15) is 5.75 Å². The monoisotopic (exact) mass is 307 g/mol. The number of sulfonamides is 1. The first-order valence-electron chi connectivity index (χ1n) is 6.25. The summed E-state index contributed by atoms with van der Waals surface area (Å²) in [4.78, 5) is 3.87. The third-order valence-corrected chi connectivity index (χ3v) is 4.77. The number of ether oxygens (including phenoxy) is 1. The van der Waals surface area contributed by atoms with Crippen LogP contribution in [0.5, 0.6) is 5.75 Å². The first-order valence-corrected chi connectivity index (χ1v) is 7.69. The van der Waals surface area contributed by atoms with Gasteiger partial charge >= 0.3 is 0 Å². The Balaban J connectivity index is 2.27. The Morgan fingerprint density at radius 1 is 1.29 bits per heavy atom. The molecular weight excluding hydrogens is 290 g/mol. The van der Waals surface area contributed by atoms with Crippen LogP contribution in [0.1, 0.15) is 5.56 Å². The third-order valence-electron chi connectivity index (χ3n) is 2.99. The number of benzene rings is 1. The van der Waals surface area contributed by atoms with Crippen LogP contribution in [0.25, 0.3) is 0 Å². The molecule has 0 aliphatic heterocycles. The first-order chi connectivity index (χ1) is 9.95. The first kappa shape index (κ1) is 15.3. The molecule has 112 valence electrons. The van der Waals surface area contributed by atoms with E-state index >= 15 is 0 Å². The Kier molecular flexibility index (Phi) is 4.44. The highest BCUT2D eigenvalue weighted by atomic mass is 32.2. The maximum Gasteiger partial charge on any atom is 0.262 e. The van der Waals surface area contributed by atoms with Gasteiger partial charge in [0.05, 0.1) is 12.8 Å². The van der Waals surface area contributed by atoms with Crippen LogP contribution in [0, 0.1) is 0 Å². The molecule has 21 heavy (non-hydrogen) atoms. The number of anilines is 1. The molecule has 0 spiro atoms. The molecule has 2 rings (SSSR count). The summed E-state index contributed by atoms with van der Waals surface area (Å²) in [5.41, 5.74) is 6.64. The Bertz CT molecular complexity index is 732. The van der Waals surface area contributed by atoms with E-state index in [1.807, 2.05) is 12.1 Å². The SMILES string of the molecule is COc1cccc(CN(C)S(=O)(=O)c2ncccc2N)c1. The van der Waals surface area contributed by atoms with Crippen molar-refractivity contribution in [3.8, 4) is 5.75 Å². The van der Waals surface area contributed by atoms with Gasteiger partial charge in [0, 0.05) is 19.8 Å². The lowest BCUT2D eigenvalue weighted by Crippen LogP contribution is -2.28. The molecule has 0 radical (unpaired) electrons. The lowest BCUT2D eigenvalue weighted by molar-refractivity contribution is 0.412. The molecule has 0 aliphatic carbocycles. The Morgan fingerprint density at radius 3 is 2.71 bits per heavy atom. The molecule has 2 N–H and O–H groups in total. The van der Waals surface area contributed by atoms with Crippen LogP contribution >= 0.6 is 0 Å². The maximum atomic E-state index is 12.5. The number of aromatic nitrogens is 1. The van der Waals surface area contributed by atoms with E-state index < -0.39 is 10.0 Å². The number of hydrogen-bond donors (Lipinski definition) is 1. The number of pyridine rings is 1. The summed E-state index contributed by atoms with van der Waals surface area (Å²) in [7, 11) is -0.678. The Morgan fingerprint density at radius 2 is 2.05 bits per heavy atom. The van der Waals surface area contributed by atoms with E-state index in [0.29, 0.717) is 5.75 Å². The minimum atomic E-state index is -3.73. The molecule has 0 fully saturated rings. The topological polar surface area (TPSA) is 85.5 Å². The molecule has 0 saturated carbocycles. The zero-order valence-electron chi connectivity index (χ0n) is 11.9. The smallest absolute Gasteiger partial charge is 0.262 e. The van der Waals surface area contributed by atoms with E-state index in [4.69, 9.17) is 10.5 Å². The van der Waals surface area contributed by atoms with E-state index in [1.54, 1.807) is 25.3 Å². The molecule has 7 heteroatoms. The minimum absolute atomic E-state index is 0.129. The van der Waals surface area contributed by atoms with Crippen molar-refractivity contribution in [2.75, 3.05) is 19.9 Å². The number of hydrogen-bond acceptors (Lipinski definition) is 5. The van der Waals surface area contributed by atoms with Gasteiger partial charge in [-0.15, -0.1) is 0 Å². The second-order valence-electron chi connectivity index (χ2n) is 4.51. The van der Waals surface area contributed by atoms with Gasteiger partial charge in [-0.05, 0) is 29.8 Å². The van der Waals surface area contributed by atoms with Crippen molar-refractivity contribution in [3.63, 3.8) is 0 Å². The largest absolute Gasteiger partial charge is 0.497 e. The molecule has 0 aliphatic rings. The third kappa shape index (κ3) is 3.32. The molecule has 0 unspecified atom stereocenters. The van der Waals surface area contributed by atoms with Gasteiger partial charge in [0.15, 0.2) is 5.03 Å². The fraction of sp³-hybridized carbons (Fsp3) is 0.214. The maximum absolute atomic E-state index is 12.5. The molecule has 1 heterocycles. The van der Waals surface area contributed by atoms with Crippen LogP contribution in [0.2, 0.25) is 0 Å². The predicted octanol–water partition coefficient (Wildman–Crippen LogP) is 1.49. The number of methoxy groups -OCH3 is 1. The van der Waals surface area contributed by atoms with Gasteiger partial charge in [0.25, 0.3) is 10.0 Å². The molecule has 6 nitrogen and oxygen atoms in total. The van der Waals surface area contributed by atoms with Gasteiger partial charge in [-0.1, -0.05) is 12.1 Å². The van der Waals surface area contributed by atoms with Gasteiger partial charge in [-0.2, -0.15) is 4.31 Å². The van der Waals surface area contributed by atoms with E-state index in [2.05, 4.69) is 4.98 Å². The summed E-state index contributed by atoms with van der Waals surface area (Å²) in [6.45, 7) is 0.204. The van der Waals surface area contributed by atoms with Gasteiger partial charge in [-0.3, -0.25) is 0 Å². The molecule has 2 aromatic rings. The van der Waals surface area contributed by atoms with Gasteiger partial charge in [-0.25, -0.2) is 13.4 Å². The lowest BCUT2D eigenvalue weighted by Gasteiger charge is -2.17. The number of rotatable bonds is 5. The van der Waals surface area contributed by atoms with Crippen molar-refractivity contribution < 1.29 is 13.2 Å². The van der Waals surface area contributed by atoms with Crippen molar-refractivity contribution in [1.29, 1.82) is 0 Å². The van der Waals surface area contributed by atoms with Crippen LogP contribution in [-0.4, -0.2) is 31.9 Å². The van der Waals surface area contributed by atoms with Crippen LogP contribution in [-0.2, 0) is 16.6 Å². The second-order valence-corrected chi connectivity index (χ2v) is 6.47. The molecular formula is C14H17N3O3S. The standard InChI is InChI=1S/C14H17N3O3S/c1-17(10-11-5-3-6-12(9-11)20-2)21(18,19)14-13(15)7-4-8-16-14/h3-9H,10,15H2,1-2H3. The fourth-order valence-corrected chi connectivity index (χ4v) is 3.05. The van der Waals surface area contributed by atoms with Gasteiger partial charge < -0.3 is 10.5 Å². The van der Waals surface area contributed by atoms with Crippen LogP contribution < -0.4 is 10.5 Å². The van der Waals surface area contributed by atoms with E-state index in [0.717, 1.165) is 5.56 Å². The van der Waals surface area contributed by atoms with E-state index in [1.165, 1.54) is 23.6 Å². The van der Waals surface area contributed by atoms with Crippen molar-refractivity contribution in [3.05, 3.63) is 48.2 Å². The fourth-order valence-electron chi connectivity index (χ4n) is 1.88. The van der Waals surface area contributed by atoms with Gasteiger partial charge in [0.2, 0.25) is 0 Å². The quantitative estimate of drug-likeness (QED) is 0.904. The summed E-state index contributed by atoms with van der Waals surface area (Å²) >= 11 is 0.